The van der Waals surface area contributed by atoms with Crippen LogP contribution in [0.4, 0.5) is 10.3 Å². The van der Waals surface area contributed by atoms with E-state index in [4.69, 9.17) is 5.26 Å². The van der Waals surface area contributed by atoms with Crippen LogP contribution < -0.4 is 5.32 Å². The van der Waals surface area contributed by atoms with E-state index in [1.54, 1.807) is 12.1 Å². The topological polar surface area (TPSA) is 99.0 Å². The fourth-order valence-electron chi connectivity index (χ4n) is 3.19. The van der Waals surface area contributed by atoms with Gasteiger partial charge in [0.05, 0.1) is 18.0 Å². The highest BCUT2D eigenvalue weighted by atomic mass is 19.1. The number of hydrogen-bond acceptors (Lipinski definition) is 5. The summed E-state index contributed by atoms with van der Waals surface area (Å²) in [7, 11) is 0. The molecule has 0 spiro atoms. The summed E-state index contributed by atoms with van der Waals surface area (Å²) in [6.45, 7) is -0.0399. The monoisotopic (exact) mass is 393 g/mol. The van der Waals surface area contributed by atoms with Gasteiger partial charge < -0.3 is 4.90 Å². The Bertz CT molecular complexity index is 951. The van der Waals surface area contributed by atoms with E-state index in [0.717, 1.165) is 0 Å². The summed E-state index contributed by atoms with van der Waals surface area (Å²) in [5.74, 6) is -0.378. The highest BCUT2D eigenvalue weighted by molar-refractivity contribution is 5.98. The lowest BCUT2D eigenvalue weighted by Gasteiger charge is -2.22. The third-order valence-electron chi connectivity index (χ3n) is 5.15. The van der Waals surface area contributed by atoms with Gasteiger partial charge in [-0.25, -0.2) is 14.4 Å². The van der Waals surface area contributed by atoms with Crippen molar-refractivity contribution in [2.24, 2.45) is 5.92 Å². The second-order valence-corrected chi connectivity index (χ2v) is 7.55. The van der Waals surface area contributed by atoms with E-state index in [-0.39, 0.29) is 36.4 Å². The van der Waals surface area contributed by atoms with Crippen LogP contribution in [0, 0.1) is 17.2 Å². The molecular weight excluding hydrogens is 373 g/mol. The molecule has 0 saturated heterocycles. The first-order chi connectivity index (χ1) is 14.0. The Morgan fingerprint density at radius 3 is 2.41 bits per heavy atom. The highest BCUT2D eigenvalue weighted by Crippen LogP contribution is 2.40. The molecule has 29 heavy (non-hydrogen) atoms. The molecule has 148 valence electrons. The first-order valence-corrected chi connectivity index (χ1v) is 9.59. The quantitative estimate of drug-likeness (QED) is 0.780. The molecule has 2 atom stereocenters. The molecule has 2 aliphatic rings. The van der Waals surface area contributed by atoms with Crippen molar-refractivity contribution in [3.05, 3.63) is 53.3 Å². The number of carbonyl (C=O) groups is 2. The lowest BCUT2D eigenvalue weighted by molar-refractivity contribution is -0.117. The summed E-state index contributed by atoms with van der Waals surface area (Å²) in [5, 5.41) is 11.3. The number of aromatic nitrogens is 2. The van der Waals surface area contributed by atoms with Crippen molar-refractivity contribution in [3.8, 4) is 6.07 Å². The van der Waals surface area contributed by atoms with Crippen LogP contribution in [-0.2, 0) is 4.79 Å². The van der Waals surface area contributed by atoms with E-state index in [1.807, 2.05) is 18.2 Å². The maximum Gasteiger partial charge on any atom is 0.254 e. The van der Waals surface area contributed by atoms with Crippen molar-refractivity contribution < 1.29 is 14.0 Å². The number of carbonyl (C=O) groups excluding carboxylic acids is 2. The van der Waals surface area contributed by atoms with Gasteiger partial charge in [-0.2, -0.15) is 5.26 Å². The van der Waals surface area contributed by atoms with Gasteiger partial charge in [-0.3, -0.25) is 14.9 Å². The summed E-state index contributed by atoms with van der Waals surface area (Å²) in [4.78, 5) is 34.5. The van der Waals surface area contributed by atoms with Crippen LogP contribution in [0.3, 0.4) is 0 Å². The van der Waals surface area contributed by atoms with Gasteiger partial charge in [0.25, 0.3) is 5.91 Å². The van der Waals surface area contributed by atoms with Gasteiger partial charge in [0, 0.05) is 18.0 Å². The number of nitriles is 1. The Hall–Kier alpha value is -3.34. The minimum absolute atomic E-state index is 0.0463. The summed E-state index contributed by atoms with van der Waals surface area (Å²) >= 11 is 0. The third-order valence-corrected chi connectivity index (χ3v) is 5.15. The van der Waals surface area contributed by atoms with Crippen molar-refractivity contribution in [1.29, 1.82) is 5.26 Å². The molecule has 0 bridgehead atoms. The molecule has 2 aromatic rings. The first kappa shape index (κ1) is 19.0. The molecule has 0 aliphatic heterocycles. The average Bonchev–Trinajstić information content (AvgIpc) is 3.66. The molecule has 1 N–H and O–H groups in total. The van der Waals surface area contributed by atoms with E-state index in [1.165, 1.54) is 35.7 Å². The van der Waals surface area contributed by atoms with Crippen LogP contribution >= 0.6 is 0 Å². The van der Waals surface area contributed by atoms with Crippen molar-refractivity contribution >= 4 is 17.8 Å². The molecule has 1 unspecified atom stereocenters. The number of nitrogens with zero attached hydrogens (tertiary/aromatic N) is 4. The fraction of sp³-hybridized carbons (Fsp3) is 0.381. The van der Waals surface area contributed by atoms with Crippen molar-refractivity contribution in [2.45, 2.75) is 31.4 Å². The Morgan fingerprint density at radius 1 is 1.21 bits per heavy atom. The molecule has 7 nitrogen and oxygen atoms in total. The third kappa shape index (κ3) is 4.74. The van der Waals surface area contributed by atoms with E-state index in [0.29, 0.717) is 17.9 Å². The summed E-state index contributed by atoms with van der Waals surface area (Å²) in [6.07, 6.45) is 4.43. The van der Waals surface area contributed by atoms with Crippen molar-refractivity contribution in [2.75, 3.05) is 18.4 Å². The number of anilines is 1. The zero-order valence-corrected chi connectivity index (χ0v) is 15.7. The number of nitrogens with one attached hydrogen (secondary N) is 1. The zero-order valence-electron chi connectivity index (χ0n) is 15.7. The zero-order chi connectivity index (χ0) is 20.4. The maximum atomic E-state index is 13.4. The van der Waals surface area contributed by atoms with Crippen LogP contribution in [0.25, 0.3) is 0 Å². The number of halogens is 1. The van der Waals surface area contributed by atoms with E-state index in [9.17, 15) is 14.0 Å². The molecule has 8 heteroatoms. The average molecular weight is 393 g/mol. The van der Waals surface area contributed by atoms with Gasteiger partial charge in [-0.05, 0) is 42.9 Å². The number of rotatable bonds is 7. The second-order valence-electron chi connectivity index (χ2n) is 7.55. The maximum absolute atomic E-state index is 13.4. The van der Waals surface area contributed by atoms with E-state index >= 15 is 0 Å². The smallest absolute Gasteiger partial charge is 0.254 e. The minimum atomic E-state index is -0.924. The Balaban J connectivity index is 1.43. The number of benzene rings is 1. The molecule has 2 aliphatic carbocycles. The lowest BCUT2D eigenvalue weighted by atomic mass is 10.1. The highest BCUT2D eigenvalue weighted by Gasteiger charge is 2.40. The molecule has 1 aromatic heterocycles. The molecule has 2 saturated carbocycles. The summed E-state index contributed by atoms with van der Waals surface area (Å²) < 4.78 is 13.4. The van der Waals surface area contributed by atoms with E-state index < -0.39 is 12.1 Å². The Labute approximate surface area is 167 Å². The fourth-order valence-corrected chi connectivity index (χ4v) is 3.19. The molecular formula is C21H20FN5O2. The Kier molecular flexibility index (Phi) is 5.21. The molecule has 2 amide bonds. The Morgan fingerprint density at radius 2 is 1.86 bits per heavy atom. The first-order valence-electron chi connectivity index (χ1n) is 9.59. The summed E-state index contributed by atoms with van der Waals surface area (Å²) in [6, 6.07) is 9.33. The second kappa shape index (κ2) is 7.95. The SMILES string of the molecule is N#Cc1cnc(NC(=O)CN(CC2C[C@H]2F)C(=O)c2ccc(C3CC3)cc2)nc1. The van der Waals surface area contributed by atoms with Crippen LogP contribution in [0.1, 0.15) is 46.7 Å². The predicted octanol–water partition coefficient (Wildman–Crippen LogP) is 2.66. The van der Waals surface area contributed by atoms with Gasteiger partial charge in [0.15, 0.2) is 0 Å². The van der Waals surface area contributed by atoms with Crippen LogP contribution in [0.2, 0.25) is 0 Å². The normalized spacial score (nSPS) is 19.9. The van der Waals surface area contributed by atoms with Gasteiger partial charge in [0.1, 0.15) is 18.8 Å². The molecule has 2 fully saturated rings. The van der Waals surface area contributed by atoms with Gasteiger partial charge in [0.2, 0.25) is 11.9 Å². The molecule has 0 radical (unpaired) electrons. The van der Waals surface area contributed by atoms with Gasteiger partial charge >= 0.3 is 0 Å². The largest absolute Gasteiger partial charge is 0.329 e. The van der Waals surface area contributed by atoms with Crippen LogP contribution in [0.15, 0.2) is 36.7 Å². The molecule has 1 aromatic carbocycles. The van der Waals surface area contributed by atoms with Crippen LogP contribution in [-0.4, -0.2) is 45.9 Å². The lowest BCUT2D eigenvalue weighted by Crippen LogP contribution is -2.39. The van der Waals surface area contributed by atoms with Crippen molar-refractivity contribution in [1.82, 2.24) is 14.9 Å². The van der Waals surface area contributed by atoms with Crippen LogP contribution in [0.5, 0.6) is 0 Å². The molecule has 4 rings (SSSR count). The minimum Gasteiger partial charge on any atom is -0.329 e. The number of hydrogen-bond donors (Lipinski definition) is 1. The molecule has 1 heterocycles. The van der Waals surface area contributed by atoms with Gasteiger partial charge in [-0.15, -0.1) is 0 Å². The van der Waals surface area contributed by atoms with Crippen molar-refractivity contribution in [3.63, 3.8) is 0 Å². The number of alkyl halides is 1. The van der Waals surface area contributed by atoms with E-state index in [2.05, 4.69) is 15.3 Å². The number of amides is 2. The predicted molar refractivity (Wildman–Crippen MR) is 103 cm³/mol. The summed E-state index contributed by atoms with van der Waals surface area (Å²) in [5.41, 5.74) is 1.97. The standard InChI is InChI=1S/C21H20FN5O2/c22-18-7-17(18)11-27(12-19(28)26-21-24-9-13(8-23)10-25-21)20(29)16-5-3-15(4-6-16)14-1-2-14/h3-6,9-10,14,17-18H,1-2,7,11-12H2,(H,24,25,26,28)/t17?,18-/m1/s1. The van der Waals surface area contributed by atoms with Gasteiger partial charge in [-0.1, -0.05) is 12.1 Å².